The van der Waals surface area contributed by atoms with E-state index in [4.69, 9.17) is 9.05 Å². The Labute approximate surface area is 89.5 Å². The molecule has 0 fully saturated rings. The summed E-state index contributed by atoms with van der Waals surface area (Å²) in [5.74, 6) is -0.162. The molecule has 15 heavy (non-hydrogen) atoms. The summed E-state index contributed by atoms with van der Waals surface area (Å²) in [6.45, 7) is 0. The van der Waals surface area contributed by atoms with Crippen molar-refractivity contribution in [2.45, 2.75) is 6.42 Å². The van der Waals surface area contributed by atoms with Crippen molar-refractivity contribution in [2.75, 3.05) is 20.4 Å². The van der Waals surface area contributed by atoms with E-state index < -0.39 is 7.60 Å². The molecule has 1 unspecified atom stereocenters. The summed E-state index contributed by atoms with van der Waals surface area (Å²) in [5.41, 5.74) is 0. The van der Waals surface area contributed by atoms with E-state index >= 15 is 0 Å². The Balaban J connectivity index is 2.50. The Hall–Kier alpha value is -0.700. The third kappa shape index (κ3) is 3.42. The molecule has 84 valence electrons. The van der Waals surface area contributed by atoms with Crippen LogP contribution in [0.15, 0.2) is 24.3 Å². The van der Waals surface area contributed by atoms with Gasteiger partial charge in [-0.25, -0.2) is 0 Å². The molecule has 1 atom stereocenters. The zero-order valence-electron chi connectivity index (χ0n) is 8.88. The minimum Gasteiger partial charge on any atom is -0.312 e. The third-order valence-electron chi connectivity index (χ3n) is 2.35. The lowest BCUT2D eigenvalue weighted by atomic mass is 9.97. The van der Waals surface area contributed by atoms with E-state index in [2.05, 4.69) is 0 Å². The van der Waals surface area contributed by atoms with Crippen LogP contribution in [0.5, 0.6) is 0 Å². The predicted octanol–water partition coefficient (Wildman–Crippen LogP) is 2.17. The van der Waals surface area contributed by atoms with Gasteiger partial charge < -0.3 is 9.05 Å². The lowest BCUT2D eigenvalue weighted by Gasteiger charge is -2.16. The van der Waals surface area contributed by atoms with Crippen molar-refractivity contribution in [1.29, 1.82) is 0 Å². The van der Waals surface area contributed by atoms with E-state index in [0.717, 1.165) is 0 Å². The number of ketones is 1. The minimum atomic E-state index is -2.98. The van der Waals surface area contributed by atoms with Crippen LogP contribution in [-0.2, 0) is 18.4 Å². The highest BCUT2D eigenvalue weighted by molar-refractivity contribution is 7.53. The first-order chi connectivity index (χ1) is 7.11. The largest absolute Gasteiger partial charge is 0.330 e. The normalized spacial score (nSPS) is 20.9. The first-order valence-electron chi connectivity index (χ1n) is 4.70. The monoisotopic (exact) mass is 230 g/mol. The smallest absolute Gasteiger partial charge is 0.312 e. The quantitative estimate of drug-likeness (QED) is 0.679. The van der Waals surface area contributed by atoms with Crippen molar-refractivity contribution < 1.29 is 18.4 Å². The molecule has 0 spiro atoms. The fourth-order valence-electron chi connectivity index (χ4n) is 1.36. The van der Waals surface area contributed by atoms with Gasteiger partial charge in [-0.2, -0.15) is 0 Å². The second-order valence-corrected chi connectivity index (χ2v) is 5.64. The van der Waals surface area contributed by atoms with Gasteiger partial charge in [0.25, 0.3) is 0 Å². The standard InChI is InChI=1S/C10H15O4P/c1-13-15(12,14-2)8-7-9-5-3-4-6-10(9)11/h3-6,9H,7-8H2,1-2H3. The van der Waals surface area contributed by atoms with Gasteiger partial charge in [-0.15, -0.1) is 0 Å². The summed E-state index contributed by atoms with van der Waals surface area (Å²) < 4.78 is 21.3. The number of allylic oxidation sites excluding steroid dienone is 4. The zero-order valence-corrected chi connectivity index (χ0v) is 9.78. The van der Waals surface area contributed by atoms with Crippen LogP contribution in [0.2, 0.25) is 0 Å². The van der Waals surface area contributed by atoms with Crippen LogP contribution in [0, 0.1) is 5.92 Å². The third-order valence-corrected chi connectivity index (χ3v) is 4.27. The summed E-state index contributed by atoms with van der Waals surface area (Å²) in [5, 5.41) is 0. The van der Waals surface area contributed by atoms with Crippen LogP contribution < -0.4 is 0 Å². The van der Waals surface area contributed by atoms with Gasteiger partial charge in [-0.05, 0) is 12.5 Å². The maximum atomic E-state index is 11.7. The maximum Gasteiger partial charge on any atom is 0.330 e. The van der Waals surface area contributed by atoms with Crippen LogP contribution in [0.4, 0.5) is 0 Å². The highest BCUT2D eigenvalue weighted by Gasteiger charge is 2.24. The van der Waals surface area contributed by atoms with Crippen LogP contribution in [0.1, 0.15) is 6.42 Å². The fraction of sp³-hybridized carbons (Fsp3) is 0.500. The molecule has 4 nitrogen and oxygen atoms in total. The Kier molecular flexibility index (Phi) is 4.45. The Morgan fingerprint density at radius 3 is 2.53 bits per heavy atom. The molecule has 0 amide bonds. The van der Waals surface area contributed by atoms with E-state index in [0.29, 0.717) is 6.42 Å². The van der Waals surface area contributed by atoms with Crippen molar-refractivity contribution in [1.82, 2.24) is 0 Å². The highest BCUT2D eigenvalue weighted by Crippen LogP contribution is 2.47. The van der Waals surface area contributed by atoms with E-state index in [1.165, 1.54) is 20.3 Å². The van der Waals surface area contributed by atoms with Gasteiger partial charge in [-0.1, -0.05) is 18.2 Å². The highest BCUT2D eigenvalue weighted by atomic mass is 31.2. The molecule has 0 heterocycles. The molecule has 0 bridgehead atoms. The summed E-state index contributed by atoms with van der Waals surface area (Å²) in [7, 11) is -0.285. The molecule has 0 aromatic heterocycles. The molecule has 1 aliphatic rings. The predicted molar refractivity (Wildman–Crippen MR) is 57.9 cm³/mol. The minimum absolute atomic E-state index is 0.0382. The van der Waals surface area contributed by atoms with Gasteiger partial charge in [0.15, 0.2) is 5.78 Å². The van der Waals surface area contributed by atoms with Gasteiger partial charge in [0.05, 0.1) is 6.16 Å². The van der Waals surface area contributed by atoms with Gasteiger partial charge in [0.2, 0.25) is 0 Å². The topological polar surface area (TPSA) is 52.6 Å². The molecule has 0 aromatic rings. The molecular formula is C10H15O4P. The zero-order chi connectivity index (χ0) is 11.3. The molecule has 0 aliphatic heterocycles. The molecule has 0 saturated carbocycles. The van der Waals surface area contributed by atoms with E-state index in [9.17, 15) is 9.36 Å². The van der Waals surface area contributed by atoms with Crippen molar-refractivity contribution >= 4 is 13.4 Å². The summed E-state index contributed by atoms with van der Waals surface area (Å²) in [6, 6.07) is 0. The SMILES string of the molecule is COP(=O)(CCC1C=CC=CC1=O)OC. The van der Waals surface area contributed by atoms with Crippen molar-refractivity contribution in [3.8, 4) is 0 Å². The van der Waals surface area contributed by atoms with Gasteiger partial charge in [-0.3, -0.25) is 9.36 Å². The summed E-state index contributed by atoms with van der Waals surface area (Å²) in [6.07, 6.45) is 7.59. The van der Waals surface area contributed by atoms with Crippen molar-refractivity contribution in [3.05, 3.63) is 24.3 Å². The number of hydrogen-bond acceptors (Lipinski definition) is 4. The van der Waals surface area contributed by atoms with E-state index in [1.54, 1.807) is 12.2 Å². The summed E-state index contributed by atoms with van der Waals surface area (Å²) in [4.78, 5) is 11.4. The van der Waals surface area contributed by atoms with Crippen molar-refractivity contribution in [3.63, 3.8) is 0 Å². The molecular weight excluding hydrogens is 215 g/mol. The maximum absolute atomic E-state index is 11.7. The first-order valence-corrected chi connectivity index (χ1v) is 6.43. The molecule has 0 aromatic carbocycles. The van der Waals surface area contributed by atoms with Gasteiger partial charge in [0.1, 0.15) is 0 Å². The molecule has 0 N–H and O–H groups in total. The Morgan fingerprint density at radius 1 is 1.33 bits per heavy atom. The second-order valence-electron chi connectivity index (χ2n) is 3.24. The van der Waals surface area contributed by atoms with Gasteiger partial charge in [0, 0.05) is 20.1 Å². The Morgan fingerprint density at radius 2 is 2.00 bits per heavy atom. The number of carbonyl (C=O) groups excluding carboxylic acids is 1. The number of hydrogen-bond donors (Lipinski definition) is 0. The fourth-order valence-corrected chi connectivity index (χ4v) is 2.47. The van der Waals surface area contributed by atoms with Crippen LogP contribution in [0.25, 0.3) is 0 Å². The lowest BCUT2D eigenvalue weighted by molar-refractivity contribution is -0.117. The van der Waals surface area contributed by atoms with Gasteiger partial charge >= 0.3 is 7.60 Å². The lowest BCUT2D eigenvalue weighted by Crippen LogP contribution is -2.13. The molecule has 5 heteroatoms. The average molecular weight is 230 g/mol. The number of carbonyl (C=O) groups is 1. The van der Waals surface area contributed by atoms with E-state index in [1.807, 2.05) is 6.08 Å². The van der Waals surface area contributed by atoms with Crippen LogP contribution in [0.3, 0.4) is 0 Å². The second kappa shape index (κ2) is 5.40. The molecule has 1 rings (SSSR count). The number of rotatable bonds is 5. The van der Waals surface area contributed by atoms with Crippen molar-refractivity contribution in [2.24, 2.45) is 5.92 Å². The molecule has 1 aliphatic carbocycles. The Bertz CT molecular complexity index is 324. The van der Waals surface area contributed by atoms with Crippen LogP contribution >= 0.6 is 7.60 Å². The van der Waals surface area contributed by atoms with E-state index in [-0.39, 0.29) is 17.9 Å². The molecule has 0 radical (unpaired) electrons. The molecule has 0 saturated heterocycles. The first kappa shape index (κ1) is 12.4. The summed E-state index contributed by atoms with van der Waals surface area (Å²) >= 11 is 0. The van der Waals surface area contributed by atoms with Crippen LogP contribution in [-0.4, -0.2) is 26.2 Å². The average Bonchev–Trinajstić information content (AvgIpc) is 2.28.